The third-order valence-corrected chi connectivity index (χ3v) is 4.10. The van der Waals surface area contributed by atoms with Gasteiger partial charge in [0.2, 0.25) is 0 Å². The topological polar surface area (TPSA) is 54.0 Å². The van der Waals surface area contributed by atoms with Gasteiger partial charge in [0.05, 0.1) is 0 Å². The van der Waals surface area contributed by atoms with Crippen LogP contribution in [0.5, 0.6) is 0 Å². The van der Waals surface area contributed by atoms with E-state index in [9.17, 15) is 4.79 Å². The molecule has 4 heteroatoms. The minimum atomic E-state index is 0.00868. The van der Waals surface area contributed by atoms with Crippen molar-refractivity contribution >= 4 is 11.7 Å². The monoisotopic (exact) mass is 275 g/mol. The number of pyridine rings is 1. The van der Waals surface area contributed by atoms with E-state index in [1.807, 2.05) is 19.1 Å². The Kier molecular flexibility index (Phi) is 4.63. The second-order valence-corrected chi connectivity index (χ2v) is 5.96. The first kappa shape index (κ1) is 14.8. The fraction of sp³-hybridized carbons (Fsp3) is 0.625. The average molecular weight is 275 g/mol. The number of carbonyl (C=O) groups excluding carboxylic acids is 1. The Morgan fingerprint density at radius 1 is 1.35 bits per heavy atom. The van der Waals surface area contributed by atoms with Gasteiger partial charge in [-0.3, -0.25) is 4.79 Å². The lowest BCUT2D eigenvalue weighted by molar-refractivity contribution is 0.0890. The van der Waals surface area contributed by atoms with Crippen LogP contribution in [0.25, 0.3) is 0 Å². The van der Waals surface area contributed by atoms with E-state index in [4.69, 9.17) is 0 Å². The van der Waals surface area contributed by atoms with Gasteiger partial charge in [-0.2, -0.15) is 0 Å². The van der Waals surface area contributed by atoms with Crippen LogP contribution < -0.4 is 10.6 Å². The van der Waals surface area contributed by atoms with Crippen LogP contribution in [0.1, 0.15) is 56.1 Å². The van der Waals surface area contributed by atoms with Crippen molar-refractivity contribution in [1.82, 2.24) is 10.3 Å². The van der Waals surface area contributed by atoms with Crippen molar-refractivity contribution in [2.45, 2.75) is 46.5 Å². The summed E-state index contributed by atoms with van der Waals surface area (Å²) < 4.78 is 0. The van der Waals surface area contributed by atoms with Gasteiger partial charge in [0.25, 0.3) is 5.91 Å². The Labute approximate surface area is 121 Å². The van der Waals surface area contributed by atoms with E-state index in [1.54, 1.807) is 0 Å². The van der Waals surface area contributed by atoms with Crippen molar-refractivity contribution in [2.75, 3.05) is 18.4 Å². The molecule has 0 saturated heterocycles. The van der Waals surface area contributed by atoms with E-state index in [-0.39, 0.29) is 5.91 Å². The van der Waals surface area contributed by atoms with Crippen LogP contribution in [0.15, 0.2) is 12.1 Å². The molecule has 4 nitrogen and oxygen atoms in total. The summed E-state index contributed by atoms with van der Waals surface area (Å²) >= 11 is 0. The van der Waals surface area contributed by atoms with Crippen LogP contribution in [-0.2, 0) is 6.42 Å². The molecule has 1 fully saturated rings. The number of nitrogens with zero attached hydrogens (tertiary/aromatic N) is 1. The molecule has 1 aromatic rings. The van der Waals surface area contributed by atoms with Crippen molar-refractivity contribution in [3.63, 3.8) is 0 Å². The fourth-order valence-corrected chi connectivity index (χ4v) is 2.52. The molecule has 0 aromatic carbocycles. The molecule has 20 heavy (non-hydrogen) atoms. The second-order valence-electron chi connectivity index (χ2n) is 5.96. The molecular formula is C16H25N3O. The Hall–Kier alpha value is -1.58. The van der Waals surface area contributed by atoms with Crippen LogP contribution in [0.3, 0.4) is 0 Å². The Morgan fingerprint density at radius 2 is 2.10 bits per heavy atom. The van der Waals surface area contributed by atoms with Gasteiger partial charge in [-0.1, -0.05) is 20.3 Å². The van der Waals surface area contributed by atoms with Crippen LogP contribution >= 0.6 is 0 Å². The average Bonchev–Trinajstić information content (AvgIpc) is 2.42. The summed E-state index contributed by atoms with van der Waals surface area (Å²) in [4.78, 5) is 16.8. The van der Waals surface area contributed by atoms with E-state index in [0.29, 0.717) is 11.0 Å². The van der Waals surface area contributed by atoms with Crippen molar-refractivity contribution in [3.8, 4) is 0 Å². The number of rotatable bonds is 6. The summed E-state index contributed by atoms with van der Waals surface area (Å²) in [6.07, 6.45) is 4.54. The number of hydrogen-bond acceptors (Lipinski definition) is 3. The molecule has 1 aliphatic carbocycles. The van der Waals surface area contributed by atoms with Gasteiger partial charge in [-0.25, -0.2) is 4.98 Å². The smallest absolute Gasteiger partial charge is 0.251 e. The van der Waals surface area contributed by atoms with E-state index < -0.39 is 0 Å². The van der Waals surface area contributed by atoms with Gasteiger partial charge >= 0.3 is 0 Å². The van der Waals surface area contributed by atoms with Gasteiger partial charge in [-0.05, 0) is 43.7 Å². The summed E-state index contributed by atoms with van der Waals surface area (Å²) in [6, 6.07) is 3.72. The lowest BCUT2D eigenvalue weighted by Gasteiger charge is -2.38. The highest BCUT2D eigenvalue weighted by molar-refractivity contribution is 5.95. The summed E-state index contributed by atoms with van der Waals surface area (Å²) in [5.74, 6) is 0.793. The van der Waals surface area contributed by atoms with Crippen molar-refractivity contribution in [2.24, 2.45) is 5.41 Å². The maximum Gasteiger partial charge on any atom is 0.251 e. The molecule has 1 amide bonds. The molecule has 1 saturated carbocycles. The summed E-state index contributed by atoms with van der Waals surface area (Å²) in [6.45, 7) is 7.89. The van der Waals surface area contributed by atoms with Crippen molar-refractivity contribution < 1.29 is 4.79 Å². The minimum Gasteiger partial charge on any atom is -0.370 e. The SMILES string of the molecule is CCNc1cc(C(=O)NCC2(C)CCC2)cc(CC)n1. The molecule has 0 spiro atoms. The maximum atomic E-state index is 12.3. The number of nitrogens with one attached hydrogen (secondary N) is 2. The molecule has 0 radical (unpaired) electrons. The lowest BCUT2D eigenvalue weighted by atomic mass is 9.70. The highest BCUT2D eigenvalue weighted by atomic mass is 16.1. The summed E-state index contributed by atoms with van der Waals surface area (Å²) in [7, 11) is 0. The molecule has 110 valence electrons. The molecule has 2 N–H and O–H groups in total. The molecule has 0 bridgehead atoms. The van der Waals surface area contributed by atoms with Crippen LogP contribution in [0.4, 0.5) is 5.82 Å². The standard InChI is InChI=1S/C16H25N3O/c1-4-13-9-12(10-14(19-13)17-5-2)15(20)18-11-16(3)7-6-8-16/h9-10H,4-8,11H2,1-3H3,(H,17,19)(H,18,20). The zero-order chi connectivity index (χ0) is 14.6. The predicted molar refractivity (Wildman–Crippen MR) is 82.1 cm³/mol. The van der Waals surface area contributed by atoms with Crippen LogP contribution in [0, 0.1) is 5.41 Å². The molecule has 1 aromatic heterocycles. The number of aromatic nitrogens is 1. The normalized spacial score (nSPS) is 16.4. The largest absolute Gasteiger partial charge is 0.370 e. The van der Waals surface area contributed by atoms with Gasteiger partial charge < -0.3 is 10.6 Å². The second kappa shape index (κ2) is 6.25. The lowest BCUT2D eigenvalue weighted by Crippen LogP contribution is -2.40. The Bertz CT molecular complexity index is 481. The Balaban J connectivity index is 2.05. The molecule has 1 heterocycles. The van der Waals surface area contributed by atoms with Crippen LogP contribution in [0.2, 0.25) is 0 Å². The Morgan fingerprint density at radius 3 is 2.65 bits per heavy atom. The molecule has 1 aliphatic rings. The van der Waals surface area contributed by atoms with E-state index in [2.05, 4.69) is 29.5 Å². The maximum absolute atomic E-state index is 12.3. The highest BCUT2D eigenvalue weighted by Gasteiger charge is 2.31. The number of hydrogen-bond donors (Lipinski definition) is 2. The number of amides is 1. The van der Waals surface area contributed by atoms with E-state index >= 15 is 0 Å². The number of aryl methyl sites for hydroxylation is 1. The predicted octanol–water partition coefficient (Wildman–Crippen LogP) is 3.00. The highest BCUT2D eigenvalue weighted by Crippen LogP contribution is 2.39. The molecule has 0 aliphatic heterocycles. The molecule has 0 atom stereocenters. The van der Waals surface area contributed by atoms with E-state index in [0.717, 1.165) is 31.0 Å². The first-order chi connectivity index (χ1) is 9.56. The number of anilines is 1. The zero-order valence-electron chi connectivity index (χ0n) is 12.8. The third-order valence-electron chi connectivity index (χ3n) is 4.10. The van der Waals surface area contributed by atoms with Gasteiger partial charge in [-0.15, -0.1) is 0 Å². The molecule has 2 rings (SSSR count). The minimum absolute atomic E-state index is 0.00868. The third kappa shape index (κ3) is 3.50. The summed E-state index contributed by atoms with van der Waals surface area (Å²) in [5, 5.41) is 6.25. The van der Waals surface area contributed by atoms with Crippen molar-refractivity contribution in [1.29, 1.82) is 0 Å². The van der Waals surface area contributed by atoms with E-state index in [1.165, 1.54) is 19.3 Å². The van der Waals surface area contributed by atoms with Crippen molar-refractivity contribution in [3.05, 3.63) is 23.4 Å². The molecule has 0 unspecified atom stereocenters. The fourth-order valence-electron chi connectivity index (χ4n) is 2.52. The first-order valence-corrected chi connectivity index (χ1v) is 7.59. The summed E-state index contributed by atoms with van der Waals surface area (Å²) in [5.41, 5.74) is 1.96. The molecular weight excluding hydrogens is 250 g/mol. The zero-order valence-corrected chi connectivity index (χ0v) is 12.8. The number of carbonyl (C=O) groups is 1. The first-order valence-electron chi connectivity index (χ1n) is 7.59. The van der Waals surface area contributed by atoms with Gasteiger partial charge in [0, 0.05) is 24.3 Å². The van der Waals surface area contributed by atoms with Gasteiger partial charge in [0.1, 0.15) is 5.82 Å². The van der Waals surface area contributed by atoms with Crippen LogP contribution in [-0.4, -0.2) is 24.0 Å². The van der Waals surface area contributed by atoms with Gasteiger partial charge in [0.15, 0.2) is 0 Å². The quantitative estimate of drug-likeness (QED) is 0.839.